The van der Waals surface area contributed by atoms with Crippen molar-refractivity contribution in [2.24, 2.45) is 5.92 Å². The average molecular weight is 410 g/mol. The molecule has 0 fully saturated rings. The monoisotopic (exact) mass is 409 g/mol. The van der Waals surface area contributed by atoms with E-state index in [2.05, 4.69) is 43.2 Å². The number of carbonyl (C=O) groups excluding carboxylic acids is 1. The van der Waals surface area contributed by atoms with Crippen LogP contribution in [0, 0.1) is 5.92 Å². The summed E-state index contributed by atoms with van der Waals surface area (Å²) in [4.78, 5) is 29.9. The Labute approximate surface area is 175 Å². The van der Waals surface area contributed by atoms with E-state index in [1.54, 1.807) is 10.6 Å². The first-order valence-corrected chi connectivity index (χ1v) is 10.9. The topological polar surface area (TPSA) is 64.0 Å². The van der Waals surface area contributed by atoms with Gasteiger partial charge in [-0.2, -0.15) is 0 Å². The lowest BCUT2D eigenvalue weighted by atomic mass is 10.0. The van der Waals surface area contributed by atoms with Crippen molar-refractivity contribution in [3.8, 4) is 0 Å². The fourth-order valence-electron chi connectivity index (χ4n) is 3.13. The average Bonchev–Trinajstić information content (AvgIpc) is 2.73. The molecule has 3 aromatic rings. The van der Waals surface area contributed by atoms with Crippen molar-refractivity contribution in [1.29, 1.82) is 0 Å². The molecule has 2 aromatic carbocycles. The van der Waals surface area contributed by atoms with Crippen molar-refractivity contribution in [3.63, 3.8) is 0 Å². The first-order chi connectivity index (χ1) is 14.0. The number of hydrogen-bond donors (Lipinski definition) is 1. The van der Waals surface area contributed by atoms with Crippen LogP contribution in [0.25, 0.3) is 10.9 Å². The van der Waals surface area contributed by atoms with Gasteiger partial charge in [-0.05, 0) is 29.5 Å². The number of fused-ring (bicyclic) bond motifs is 1. The van der Waals surface area contributed by atoms with E-state index in [1.807, 2.05) is 36.4 Å². The first-order valence-electron chi connectivity index (χ1n) is 9.89. The number of nitrogens with one attached hydrogen (secondary N) is 1. The molecule has 1 N–H and O–H groups in total. The Morgan fingerprint density at radius 3 is 2.48 bits per heavy atom. The van der Waals surface area contributed by atoms with Crippen LogP contribution in [0.5, 0.6) is 0 Å². The molecule has 0 spiro atoms. The molecule has 0 unspecified atom stereocenters. The molecule has 152 valence electrons. The number of carbonyl (C=O) groups is 1. The van der Waals surface area contributed by atoms with E-state index in [0.717, 1.165) is 0 Å². The van der Waals surface area contributed by atoms with Crippen molar-refractivity contribution in [2.75, 3.05) is 12.3 Å². The molecule has 0 aliphatic rings. The van der Waals surface area contributed by atoms with Crippen LogP contribution in [0.15, 0.2) is 64.5 Å². The van der Waals surface area contributed by atoms with E-state index in [-0.39, 0.29) is 23.1 Å². The molecule has 1 amide bonds. The van der Waals surface area contributed by atoms with E-state index in [0.29, 0.717) is 35.1 Å². The summed E-state index contributed by atoms with van der Waals surface area (Å²) in [5.41, 5.74) is 1.81. The van der Waals surface area contributed by atoms with Gasteiger partial charge in [0.15, 0.2) is 5.16 Å². The highest BCUT2D eigenvalue weighted by Gasteiger charge is 2.14. The molecular weight excluding hydrogens is 382 g/mol. The number of hydrogen-bond acceptors (Lipinski definition) is 4. The van der Waals surface area contributed by atoms with Gasteiger partial charge in [-0.15, -0.1) is 0 Å². The largest absolute Gasteiger partial charge is 0.355 e. The number of para-hydroxylation sites is 1. The lowest BCUT2D eigenvalue weighted by Crippen LogP contribution is -2.30. The van der Waals surface area contributed by atoms with Gasteiger partial charge in [0.25, 0.3) is 5.56 Å². The Hall–Kier alpha value is -2.60. The summed E-state index contributed by atoms with van der Waals surface area (Å²) in [6.45, 7) is 7.37. The van der Waals surface area contributed by atoms with Crippen molar-refractivity contribution in [3.05, 3.63) is 70.5 Å². The number of nitrogens with zero attached hydrogens (tertiary/aromatic N) is 2. The second kappa shape index (κ2) is 9.74. The number of thioether (sulfide) groups is 1. The maximum Gasteiger partial charge on any atom is 0.262 e. The van der Waals surface area contributed by atoms with Crippen molar-refractivity contribution in [1.82, 2.24) is 14.9 Å². The third kappa shape index (κ3) is 5.48. The van der Waals surface area contributed by atoms with Crippen molar-refractivity contribution < 1.29 is 4.79 Å². The standard InChI is InChI=1S/C23H27N3O2S/c1-16(2)14-26-22(28)19-11-7-8-12-20(19)25-23(26)29-15-21(27)24-13-17(3)18-9-5-4-6-10-18/h4-12,16-17H,13-15H2,1-3H3,(H,24,27)/t17-/m1/s1. The predicted molar refractivity (Wildman–Crippen MR) is 119 cm³/mol. The lowest BCUT2D eigenvalue weighted by Gasteiger charge is -2.15. The number of benzene rings is 2. The Bertz CT molecular complexity index is 1030. The van der Waals surface area contributed by atoms with Gasteiger partial charge < -0.3 is 5.32 Å². The molecule has 0 aliphatic heterocycles. The fourth-order valence-corrected chi connectivity index (χ4v) is 3.97. The van der Waals surface area contributed by atoms with Crippen LogP contribution in [0.4, 0.5) is 0 Å². The third-order valence-electron chi connectivity index (χ3n) is 4.68. The number of amides is 1. The zero-order valence-corrected chi connectivity index (χ0v) is 17.9. The highest BCUT2D eigenvalue weighted by molar-refractivity contribution is 7.99. The summed E-state index contributed by atoms with van der Waals surface area (Å²) in [7, 11) is 0. The molecule has 1 heterocycles. The first kappa shape index (κ1) is 21.1. The molecule has 5 nitrogen and oxygen atoms in total. The molecule has 3 rings (SSSR count). The fraction of sp³-hybridized carbons (Fsp3) is 0.348. The quantitative estimate of drug-likeness (QED) is 0.450. The summed E-state index contributed by atoms with van der Waals surface area (Å²) >= 11 is 1.31. The third-order valence-corrected chi connectivity index (χ3v) is 5.66. The zero-order chi connectivity index (χ0) is 20.8. The molecule has 6 heteroatoms. The van der Waals surface area contributed by atoms with Crippen LogP contribution in [-0.2, 0) is 11.3 Å². The number of aromatic nitrogens is 2. The Kier molecular flexibility index (Phi) is 7.09. The van der Waals surface area contributed by atoms with Gasteiger partial charge in [0.05, 0.1) is 16.7 Å². The highest BCUT2D eigenvalue weighted by atomic mass is 32.2. The SMILES string of the molecule is CC(C)Cn1c(SCC(=O)NC[C@@H](C)c2ccccc2)nc2ccccc2c1=O. The lowest BCUT2D eigenvalue weighted by molar-refractivity contribution is -0.118. The second-order valence-electron chi connectivity index (χ2n) is 7.63. The summed E-state index contributed by atoms with van der Waals surface area (Å²) in [5.74, 6) is 0.708. The zero-order valence-electron chi connectivity index (χ0n) is 17.1. The van der Waals surface area contributed by atoms with Gasteiger partial charge in [-0.3, -0.25) is 14.2 Å². The predicted octanol–water partition coefficient (Wildman–Crippen LogP) is 4.06. The van der Waals surface area contributed by atoms with Crippen LogP contribution in [0.3, 0.4) is 0 Å². The molecule has 0 bridgehead atoms. The molecule has 0 radical (unpaired) electrons. The second-order valence-corrected chi connectivity index (χ2v) is 8.57. The maximum absolute atomic E-state index is 12.9. The minimum absolute atomic E-state index is 0.0510. The van der Waals surface area contributed by atoms with Gasteiger partial charge in [-0.1, -0.05) is 75.0 Å². The normalized spacial score (nSPS) is 12.3. The molecule has 1 aromatic heterocycles. The van der Waals surface area contributed by atoms with Crippen molar-refractivity contribution in [2.45, 2.75) is 38.4 Å². The molecule has 29 heavy (non-hydrogen) atoms. The van der Waals surface area contributed by atoms with Gasteiger partial charge in [-0.25, -0.2) is 4.98 Å². The smallest absolute Gasteiger partial charge is 0.262 e. The Morgan fingerprint density at radius 2 is 1.76 bits per heavy atom. The summed E-state index contributed by atoms with van der Waals surface area (Å²) in [6, 6.07) is 17.5. The van der Waals surface area contributed by atoms with Gasteiger partial charge in [0.1, 0.15) is 0 Å². The van der Waals surface area contributed by atoms with E-state index in [9.17, 15) is 9.59 Å². The Balaban J connectivity index is 1.69. The van der Waals surface area contributed by atoms with Crippen LogP contribution >= 0.6 is 11.8 Å². The van der Waals surface area contributed by atoms with E-state index < -0.39 is 0 Å². The van der Waals surface area contributed by atoms with E-state index >= 15 is 0 Å². The van der Waals surface area contributed by atoms with Crippen LogP contribution in [-0.4, -0.2) is 27.8 Å². The molecule has 0 saturated heterocycles. The van der Waals surface area contributed by atoms with E-state index in [1.165, 1.54) is 17.3 Å². The Morgan fingerprint density at radius 1 is 1.07 bits per heavy atom. The van der Waals surface area contributed by atoms with Crippen LogP contribution in [0.2, 0.25) is 0 Å². The number of rotatable bonds is 8. The van der Waals surface area contributed by atoms with Gasteiger partial charge >= 0.3 is 0 Å². The summed E-state index contributed by atoms with van der Waals surface area (Å²) < 4.78 is 1.69. The van der Waals surface area contributed by atoms with Crippen molar-refractivity contribution >= 4 is 28.6 Å². The minimum atomic E-state index is -0.0590. The highest BCUT2D eigenvalue weighted by Crippen LogP contribution is 2.19. The minimum Gasteiger partial charge on any atom is -0.355 e. The van der Waals surface area contributed by atoms with Crippen LogP contribution < -0.4 is 10.9 Å². The maximum atomic E-state index is 12.9. The van der Waals surface area contributed by atoms with Crippen LogP contribution in [0.1, 0.15) is 32.3 Å². The van der Waals surface area contributed by atoms with Gasteiger partial charge in [0, 0.05) is 13.1 Å². The molecular formula is C23H27N3O2S. The molecule has 1 atom stereocenters. The summed E-state index contributed by atoms with van der Waals surface area (Å²) in [5, 5.41) is 4.19. The summed E-state index contributed by atoms with van der Waals surface area (Å²) in [6.07, 6.45) is 0. The molecule has 0 saturated carbocycles. The van der Waals surface area contributed by atoms with Gasteiger partial charge in [0.2, 0.25) is 5.91 Å². The van der Waals surface area contributed by atoms with E-state index in [4.69, 9.17) is 0 Å². The molecule has 0 aliphatic carbocycles.